The Hall–Kier alpha value is -3.55. The number of benzene rings is 1. The topological polar surface area (TPSA) is 119 Å². The zero-order valence-corrected chi connectivity index (χ0v) is 35.0. The van der Waals surface area contributed by atoms with Gasteiger partial charge in [-0.3, -0.25) is 19.3 Å². The summed E-state index contributed by atoms with van der Waals surface area (Å²) in [5.41, 5.74) is 5.68. The van der Waals surface area contributed by atoms with E-state index in [1.165, 1.54) is 62.2 Å². The van der Waals surface area contributed by atoms with Gasteiger partial charge in [0.15, 0.2) is 0 Å². The van der Waals surface area contributed by atoms with Gasteiger partial charge < -0.3 is 14.8 Å². The molecule has 1 aromatic rings. The average Bonchev–Trinajstić information content (AvgIpc) is 3.54. The van der Waals surface area contributed by atoms with Crippen molar-refractivity contribution >= 4 is 29.6 Å². The minimum Gasteiger partial charge on any atom is -0.468 e. The minimum absolute atomic E-state index is 0.0346. The highest BCUT2D eigenvalue weighted by Gasteiger charge is 2.71. The van der Waals surface area contributed by atoms with Crippen LogP contribution in [0.25, 0.3) is 5.57 Å². The maximum absolute atomic E-state index is 14.6. The number of aryl methyl sites for hydroxylation is 1. The molecule has 0 aliphatic heterocycles. The van der Waals surface area contributed by atoms with Crippen molar-refractivity contribution in [2.75, 3.05) is 40.4 Å². The van der Waals surface area contributed by atoms with Crippen molar-refractivity contribution in [1.82, 2.24) is 10.2 Å². The van der Waals surface area contributed by atoms with Crippen molar-refractivity contribution < 1.29 is 33.4 Å². The fourth-order valence-corrected chi connectivity index (χ4v) is 13.6. The van der Waals surface area contributed by atoms with Crippen LogP contribution in [0, 0.1) is 63.6 Å². The van der Waals surface area contributed by atoms with Crippen LogP contribution in [0.1, 0.15) is 110 Å². The lowest BCUT2D eigenvalue weighted by molar-refractivity contribution is -0.225. The molecule has 5 aliphatic rings. The van der Waals surface area contributed by atoms with Gasteiger partial charge >= 0.3 is 18.1 Å². The molecule has 1 aromatic carbocycles. The first-order chi connectivity index (χ1) is 25.9. The van der Waals surface area contributed by atoms with E-state index in [0.29, 0.717) is 36.8 Å². The number of fused-ring (bicyclic) bond motifs is 7. The lowest BCUT2D eigenvalue weighted by Gasteiger charge is -2.72. The Morgan fingerprint density at radius 3 is 2.05 bits per heavy atom. The van der Waals surface area contributed by atoms with Crippen LogP contribution >= 0.6 is 0 Å². The summed E-state index contributed by atoms with van der Waals surface area (Å²) in [7, 11) is 2.67. The van der Waals surface area contributed by atoms with E-state index in [1.807, 2.05) is 0 Å². The molecule has 1 N–H and O–H groups in total. The molecule has 55 heavy (non-hydrogen) atoms. The summed E-state index contributed by atoms with van der Waals surface area (Å²) in [5.74, 6) is 1.62. The molecule has 0 unspecified atom stereocenters. The van der Waals surface area contributed by atoms with Gasteiger partial charge in [-0.1, -0.05) is 82.7 Å². The van der Waals surface area contributed by atoms with E-state index in [-0.39, 0.29) is 52.7 Å². The van der Waals surface area contributed by atoms with Crippen LogP contribution in [-0.2, 0) is 33.4 Å². The molecule has 9 atom stereocenters. The fourth-order valence-electron chi connectivity index (χ4n) is 13.6. The third kappa shape index (κ3) is 7.29. The first-order valence-corrected chi connectivity index (χ1v) is 20.5. The molecule has 0 saturated heterocycles. The lowest BCUT2D eigenvalue weighted by Crippen LogP contribution is -2.66. The summed E-state index contributed by atoms with van der Waals surface area (Å²) in [6.45, 7) is 22.5. The smallest absolute Gasteiger partial charge is 0.373 e. The zero-order valence-electron chi connectivity index (χ0n) is 35.0. The van der Waals surface area contributed by atoms with Crippen molar-refractivity contribution in [2.45, 2.75) is 106 Å². The lowest BCUT2D eigenvalue weighted by atomic mass is 9.32. The van der Waals surface area contributed by atoms with Crippen molar-refractivity contribution in [3.63, 3.8) is 0 Å². The number of hydrogen-bond donors (Lipinski definition) is 1. The highest BCUT2D eigenvalue weighted by Crippen LogP contribution is 2.77. The minimum atomic E-state index is -0.424. The SMILES string of the molecule is C=C(C)[C@@H]1CC[C@]2(C(=O)NCCN(CC(=O)OC)CC(=O)OC)CC[C@]3(C)[C@H](CC[C@@H]4[C@@]5(C)CC=C(c6ccc(C)cc6)C(C)(C)[C@@H]5CC[C@]43C)[C@@H]12.O=C=O. The first kappa shape index (κ1) is 42.6. The molecule has 302 valence electrons. The number of nitrogens with zero attached hydrogens (tertiary/aromatic N) is 1. The predicted octanol–water partition coefficient (Wildman–Crippen LogP) is 7.83. The normalized spacial score (nSPS) is 35.5. The molecule has 0 spiro atoms. The number of methoxy groups -OCH3 is 2. The number of rotatable bonds is 10. The van der Waals surface area contributed by atoms with E-state index in [2.05, 4.69) is 90.7 Å². The van der Waals surface area contributed by atoms with E-state index in [0.717, 1.165) is 32.1 Å². The monoisotopic (exact) mass is 758 g/mol. The van der Waals surface area contributed by atoms with Crippen molar-refractivity contribution in [2.24, 2.45) is 56.7 Å². The van der Waals surface area contributed by atoms with Crippen LogP contribution < -0.4 is 5.32 Å². The number of hydrogen-bond acceptors (Lipinski definition) is 8. The summed E-state index contributed by atoms with van der Waals surface area (Å²) in [6, 6.07) is 9.18. The molecule has 4 saturated carbocycles. The van der Waals surface area contributed by atoms with E-state index < -0.39 is 17.4 Å². The van der Waals surface area contributed by atoms with Gasteiger partial charge in [-0.2, -0.15) is 9.59 Å². The second kappa shape index (κ2) is 16.1. The highest BCUT2D eigenvalue weighted by molar-refractivity contribution is 5.84. The molecular weight excluding hydrogens is 693 g/mol. The molecule has 4 fully saturated rings. The van der Waals surface area contributed by atoms with Crippen LogP contribution in [0.4, 0.5) is 0 Å². The number of carbonyl (C=O) groups excluding carboxylic acids is 5. The van der Waals surface area contributed by atoms with Crippen LogP contribution in [0.2, 0.25) is 0 Å². The Morgan fingerprint density at radius 1 is 0.855 bits per heavy atom. The highest BCUT2D eigenvalue weighted by atomic mass is 16.5. The van der Waals surface area contributed by atoms with Crippen LogP contribution in [-0.4, -0.2) is 69.3 Å². The van der Waals surface area contributed by atoms with Crippen LogP contribution in [0.5, 0.6) is 0 Å². The Balaban J connectivity index is 0.00000187. The van der Waals surface area contributed by atoms with Gasteiger partial charge in [0, 0.05) is 13.1 Å². The summed E-state index contributed by atoms with van der Waals surface area (Å²) in [5, 5.41) is 3.31. The largest absolute Gasteiger partial charge is 0.468 e. The second-order valence-electron chi connectivity index (χ2n) is 19.0. The summed E-state index contributed by atoms with van der Waals surface area (Å²) in [6.07, 6.45) is 12.8. The third-order valence-electron chi connectivity index (χ3n) is 16.3. The quantitative estimate of drug-likeness (QED) is 0.190. The third-order valence-corrected chi connectivity index (χ3v) is 16.3. The molecule has 0 heterocycles. The Kier molecular flexibility index (Phi) is 12.5. The van der Waals surface area contributed by atoms with E-state index in [1.54, 1.807) is 4.90 Å². The van der Waals surface area contributed by atoms with Gasteiger partial charge in [0.05, 0.1) is 32.7 Å². The van der Waals surface area contributed by atoms with Gasteiger partial charge in [0.1, 0.15) is 0 Å². The molecular formula is C46H66N2O7. The summed E-state index contributed by atoms with van der Waals surface area (Å²) in [4.78, 5) is 56.7. The molecule has 1 amide bonds. The van der Waals surface area contributed by atoms with Gasteiger partial charge in [-0.15, -0.1) is 0 Å². The Bertz CT molecular complexity index is 1680. The standard InChI is InChI=1S/C45H66N2O5.CO2/c1-29(2)32-17-22-45(40(50)46-25-26-47(27-37(48)51-9)28-38(49)52-10)24-23-43(7)34(39(32)45)15-16-36-42(6)20-18-33(31-13-11-30(3)12-14-31)41(4,5)35(42)19-21-44(36,43)8;2-1-3/h11-14,18,32,34-36,39H,1,15-17,19-28H2,2-10H3,(H,46,50);/t32-,34+,35-,36+,39+,42-,43+,44+,45-;/m0./s1. The zero-order chi connectivity index (χ0) is 40.6. The number of amides is 1. The van der Waals surface area contributed by atoms with Crippen molar-refractivity contribution in [3.8, 4) is 0 Å². The number of ether oxygens (including phenoxy) is 2. The number of esters is 2. The number of nitrogens with one attached hydrogen (secondary N) is 1. The van der Waals surface area contributed by atoms with Crippen LogP contribution in [0.3, 0.4) is 0 Å². The van der Waals surface area contributed by atoms with Crippen molar-refractivity contribution in [3.05, 3.63) is 53.6 Å². The van der Waals surface area contributed by atoms with E-state index in [4.69, 9.17) is 19.1 Å². The number of carbonyl (C=O) groups is 3. The van der Waals surface area contributed by atoms with Gasteiger partial charge in [-0.05, 0) is 134 Å². The van der Waals surface area contributed by atoms with Crippen molar-refractivity contribution in [1.29, 1.82) is 0 Å². The predicted molar refractivity (Wildman–Crippen MR) is 212 cm³/mol. The number of allylic oxidation sites excluding steroid dienone is 3. The summed E-state index contributed by atoms with van der Waals surface area (Å²) >= 11 is 0. The van der Waals surface area contributed by atoms with Gasteiger partial charge in [0.2, 0.25) is 5.91 Å². The second-order valence-corrected chi connectivity index (χ2v) is 19.0. The van der Waals surface area contributed by atoms with E-state index in [9.17, 15) is 14.4 Å². The molecule has 0 bridgehead atoms. The Morgan fingerprint density at radius 2 is 1.47 bits per heavy atom. The maximum Gasteiger partial charge on any atom is 0.373 e. The molecule has 0 aromatic heterocycles. The molecule has 0 radical (unpaired) electrons. The molecule has 9 heteroatoms. The first-order valence-electron chi connectivity index (χ1n) is 20.5. The van der Waals surface area contributed by atoms with Crippen LogP contribution in [0.15, 0.2) is 42.5 Å². The Labute approximate surface area is 329 Å². The van der Waals surface area contributed by atoms with Gasteiger partial charge in [-0.25, -0.2) is 0 Å². The van der Waals surface area contributed by atoms with Gasteiger partial charge in [0.25, 0.3) is 0 Å². The average molecular weight is 759 g/mol. The molecule has 5 aliphatic carbocycles. The fraction of sp³-hybridized carbons (Fsp3) is 0.696. The maximum atomic E-state index is 14.6. The summed E-state index contributed by atoms with van der Waals surface area (Å²) < 4.78 is 9.71. The molecule has 9 nitrogen and oxygen atoms in total. The van der Waals surface area contributed by atoms with E-state index >= 15 is 0 Å². The molecule has 6 rings (SSSR count).